The first-order valence-electron chi connectivity index (χ1n) is 13.7. The summed E-state index contributed by atoms with van der Waals surface area (Å²) in [5.41, 5.74) is -1.13. The molecule has 5 rings (SSSR count). The van der Waals surface area contributed by atoms with Crippen molar-refractivity contribution < 1.29 is 22.4 Å². The molecule has 1 amide bonds. The largest absolute Gasteiger partial charge is 0.413 e. The number of pyridine rings is 1. The van der Waals surface area contributed by atoms with E-state index in [1.54, 1.807) is 6.07 Å². The second-order valence-electron chi connectivity index (χ2n) is 11.9. The van der Waals surface area contributed by atoms with Gasteiger partial charge in [-0.3, -0.25) is 9.78 Å². The van der Waals surface area contributed by atoms with Crippen molar-refractivity contribution in [3.05, 3.63) is 75.9 Å². The van der Waals surface area contributed by atoms with Crippen molar-refractivity contribution in [2.75, 3.05) is 24.2 Å². The van der Waals surface area contributed by atoms with E-state index < -0.39 is 29.5 Å². The number of rotatable bonds is 8. The van der Waals surface area contributed by atoms with Gasteiger partial charge in [0.05, 0.1) is 33.6 Å². The van der Waals surface area contributed by atoms with Gasteiger partial charge in [0.2, 0.25) is 0 Å². The Morgan fingerprint density at radius 3 is 2.57 bits per heavy atom. The number of nitrogens with one attached hydrogen (secondary N) is 3. The van der Waals surface area contributed by atoms with Gasteiger partial charge in [-0.15, -0.1) is 5.10 Å². The Hall–Kier alpha value is -4.44. The Morgan fingerprint density at radius 2 is 1.95 bits per heavy atom. The monoisotopic (exact) mass is 628 g/mol. The summed E-state index contributed by atoms with van der Waals surface area (Å²) in [6, 6.07) is 8.30. The van der Waals surface area contributed by atoms with E-state index >= 15 is 4.39 Å². The van der Waals surface area contributed by atoms with Crippen LogP contribution < -0.4 is 16.0 Å². The number of nitrogens with zero attached hydrogens (tertiary/aromatic N) is 5. The fourth-order valence-corrected chi connectivity index (χ4v) is 5.18. The summed E-state index contributed by atoms with van der Waals surface area (Å²) in [5.74, 6) is -1.57. The number of carbonyl (C=O) groups is 1. The number of amides is 1. The number of alkyl halides is 3. The minimum absolute atomic E-state index is 0.0142. The first-order chi connectivity index (χ1) is 20.7. The fourth-order valence-electron chi connectivity index (χ4n) is 4.91. The zero-order valence-corrected chi connectivity index (χ0v) is 25.0. The van der Waals surface area contributed by atoms with Gasteiger partial charge in [0, 0.05) is 36.4 Å². The molecule has 0 saturated heterocycles. The number of nitriles is 1. The number of fused-ring (bicyclic) bond motifs is 1. The Balaban J connectivity index is 1.65. The fraction of sp³-hybridized carbons (Fsp3) is 0.367. The van der Waals surface area contributed by atoms with E-state index in [1.165, 1.54) is 37.5 Å². The summed E-state index contributed by atoms with van der Waals surface area (Å²) in [7, 11) is 1.36. The minimum Gasteiger partial charge on any atom is -0.383 e. The van der Waals surface area contributed by atoms with Gasteiger partial charge in [-0.05, 0) is 36.5 Å². The van der Waals surface area contributed by atoms with Crippen LogP contribution in [-0.2, 0) is 5.54 Å². The van der Waals surface area contributed by atoms with Gasteiger partial charge in [0.15, 0.2) is 5.54 Å². The average Bonchev–Trinajstić information content (AvgIpc) is 3.65. The van der Waals surface area contributed by atoms with Crippen LogP contribution in [0.25, 0.3) is 10.9 Å². The highest BCUT2D eigenvalue weighted by Gasteiger charge is 2.66. The standard InChI is InChI=1S/C30H29ClF4N8O/c1-28(2,3)15-39-24-16(12-36)13-38-25-20(24)10-17(11-21(25)31)40-26(18-6-5-7-19(23(18)32)27(44)37-4)22-14-43(42-41-22)29(8-9-29)30(33,34)35/h5-7,10-11,13-14,26,40H,8-9,15H2,1-4H3,(H,37,44)(H,38,39). The van der Waals surface area contributed by atoms with Crippen molar-refractivity contribution in [2.24, 2.45) is 5.41 Å². The molecular formula is C30H29ClF4N8O. The van der Waals surface area contributed by atoms with Crippen LogP contribution in [-0.4, -0.2) is 45.7 Å². The van der Waals surface area contributed by atoms with Gasteiger partial charge in [-0.25, -0.2) is 9.07 Å². The molecule has 2 aromatic heterocycles. The van der Waals surface area contributed by atoms with Crippen molar-refractivity contribution in [3.63, 3.8) is 0 Å². The number of hydrogen-bond donors (Lipinski definition) is 3. The number of halogens is 5. The molecule has 1 aliphatic rings. The van der Waals surface area contributed by atoms with Gasteiger partial charge < -0.3 is 16.0 Å². The van der Waals surface area contributed by atoms with E-state index in [2.05, 4.69) is 37.3 Å². The molecule has 44 heavy (non-hydrogen) atoms. The van der Waals surface area contributed by atoms with E-state index in [9.17, 15) is 23.2 Å². The molecule has 4 aromatic rings. The SMILES string of the molecule is CNC(=O)c1cccc(C(Nc2cc(Cl)c3ncc(C#N)c(NCC(C)(C)C)c3c2)c2cn(C3(C(F)(F)F)CC3)nn2)c1F. The molecule has 1 unspecified atom stereocenters. The Kier molecular flexibility index (Phi) is 7.92. The van der Waals surface area contributed by atoms with Gasteiger partial charge in [-0.2, -0.15) is 18.4 Å². The van der Waals surface area contributed by atoms with E-state index in [0.29, 0.717) is 28.8 Å². The van der Waals surface area contributed by atoms with Crippen molar-refractivity contribution in [1.82, 2.24) is 25.3 Å². The molecule has 2 heterocycles. The van der Waals surface area contributed by atoms with Crippen molar-refractivity contribution in [2.45, 2.75) is 51.4 Å². The average molecular weight is 629 g/mol. The molecule has 0 aliphatic heterocycles. The van der Waals surface area contributed by atoms with Crippen LogP contribution in [0.4, 0.5) is 28.9 Å². The number of anilines is 2. The highest BCUT2D eigenvalue weighted by molar-refractivity contribution is 6.35. The predicted octanol–water partition coefficient (Wildman–Crippen LogP) is 6.56. The predicted molar refractivity (Wildman–Crippen MR) is 158 cm³/mol. The summed E-state index contributed by atoms with van der Waals surface area (Å²) >= 11 is 6.64. The lowest BCUT2D eigenvalue weighted by atomic mass is 9.96. The molecule has 0 radical (unpaired) electrons. The van der Waals surface area contributed by atoms with Crippen molar-refractivity contribution >= 4 is 39.8 Å². The minimum atomic E-state index is -4.56. The summed E-state index contributed by atoms with van der Waals surface area (Å²) in [6.07, 6.45) is -2.31. The maximum absolute atomic E-state index is 15.9. The van der Waals surface area contributed by atoms with Gasteiger partial charge in [-0.1, -0.05) is 49.7 Å². The number of hydrogen-bond acceptors (Lipinski definition) is 7. The quantitative estimate of drug-likeness (QED) is 0.189. The Labute approximate surface area is 255 Å². The molecule has 14 heteroatoms. The van der Waals surface area contributed by atoms with E-state index in [-0.39, 0.29) is 45.7 Å². The van der Waals surface area contributed by atoms with Crippen molar-refractivity contribution in [1.29, 1.82) is 5.26 Å². The first kappa shape index (κ1) is 31.0. The lowest BCUT2D eigenvalue weighted by molar-refractivity contribution is -0.182. The van der Waals surface area contributed by atoms with Crippen LogP contribution >= 0.6 is 11.6 Å². The molecule has 1 saturated carbocycles. The van der Waals surface area contributed by atoms with Gasteiger partial charge >= 0.3 is 6.18 Å². The number of benzene rings is 2. The maximum atomic E-state index is 15.9. The van der Waals surface area contributed by atoms with Gasteiger partial charge in [0.25, 0.3) is 5.91 Å². The normalized spacial score (nSPS) is 15.0. The lowest BCUT2D eigenvalue weighted by Crippen LogP contribution is -2.35. The Bertz CT molecular complexity index is 1790. The van der Waals surface area contributed by atoms with Crippen molar-refractivity contribution in [3.8, 4) is 6.07 Å². The van der Waals surface area contributed by atoms with Crippen LogP contribution in [0, 0.1) is 22.6 Å². The molecule has 3 N–H and O–H groups in total. The number of aromatic nitrogens is 4. The molecule has 1 atom stereocenters. The van der Waals surface area contributed by atoms with E-state index in [4.69, 9.17) is 11.6 Å². The number of carbonyl (C=O) groups excluding carboxylic acids is 1. The topological polar surface area (TPSA) is 121 Å². The third-order valence-electron chi connectivity index (χ3n) is 7.46. The zero-order chi connectivity index (χ0) is 32.0. The second-order valence-corrected chi connectivity index (χ2v) is 12.3. The molecular weight excluding hydrogens is 600 g/mol. The van der Waals surface area contributed by atoms with Crippen LogP contribution in [0.3, 0.4) is 0 Å². The summed E-state index contributed by atoms with van der Waals surface area (Å²) in [6.45, 7) is 6.60. The highest BCUT2D eigenvalue weighted by Crippen LogP contribution is 2.55. The summed E-state index contributed by atoms with van der Waals surface area (Å²) in [4.78, 5) is 16.7. The van der Waals surface area contributed by atoms with E-state index in [0.717, 1.165) is 10.9 Å². The molecule has 1 fully saturated rings. The molecule has 1 aliphatic carbocycles. The highest BCUT2D eigenvalue weighted by atomic mass is 35.5. The Morgan fingerprint density at radius 1 is 1.23 bits per heavy atom. The van der Waals surface area contributed by atoms with Crippen LogP contribution in [0.15, 0.2) is 42.7 Å². The maximum Gasteiger partial charge on any atom is 0.413 e. The summed E-state index contributed by atoms with van der Waals surface area (Å²) < 4.78 is 58.3. The molecule has 230 valence electrons. The van der Waals surface area contributed by atoms with Crippen LogP contribution in [0.2, 0.25) is 5.02 Å². The van der Waals surface area contributed by atoms with Crippen LogP contribution in [0.5, 0.6) is 0 Å². The zero-order valence-electron chi connectivity index (χ0n) is 24.3. The molecule has 9 nitrogen and oxygen atoms in total. The molecule has 0 spiro atoms. The molecule has 2 aromatic carbocycles. The summed E-state index contributed by atoms with van der Waals surface area (Å²) in [5, 5.41) is 27.1. The second kappa shape index (κ2) is 11.2. The lowest BCUT2D eigenvalue weighted by Gasteiger charge is -2.23. The van der Waals surface area contributed by atoms with E-state index in [1.807, 2.05) is 20.8 Å². The third-order valence-corrected chi connectivity index (χ3v) is 7.75. The van der Waals surface area contributed by atoms with Crippen LogP contribution in [0.1, 0.15) is 66.8 Å². The molecule has 0 bridgehead atoms. The smallest absolute Gasteiger partial charge is 0.383 e. The first-order valence-corrected chi connectivity index (χ1v) is 14.1. The third kappa shape index (κ3) is 5.74. The van der Waals surface area contributed by atoms with Gasteiger partial charge in [0.1, 0.15) is 23.6 Å².